The smallest absolute Gasteiger partial charge is 0.253 e. The number of fused-ring (bicyclic) bond motifs is 1. The molecule has 4 rings (SSSR count). The second-order valence-electron chi connectivity index (χ2n) is 9.36. The summed E-state index contributed by atoms with van der Waals surface area (Å²) in [6.07, 6.45) is 0.553. The number of amides is 1. The standard InChI is InChI=1S/C25H29BrN4O3/c1-16-14-29(10-11-30(16)24(32)33-25(2,3)4)23(31)18-7-5-6-17(12-18)22-20-13-19(26)8-9-21(20)27-15-28-22/h5-9,12-13,15-16,24,32H,10-11,14H2,1-4H3/t16-,24?/m1/s1. The Labute approximate surface area is 202 Å². The maximum absolute atomic E-state index is 13.3. The Balaban J connectivity index is 1.53. The first kappa shape index (κ1) is 23.8. The molecular weight excluding hydrogens is 484 g/mol. The Morgan fingerprint density at radius 1 is 1.18 bits per heavy atom. The van der Waals surface area contributed by atoms with Gasteiger partial charge in [0, 0.05) is 46.7 Å². The van der Waals surface area contributed by atoms with E-state index in [1.165, 1.54) is 0 Å². The molecule has 1 aliphatic heterocycles. The number of carbonyl (C=O) groups excluding carboxylic acids is 1. The van der Waals surface area contributed by atoms with Gasteiger partial charge < -0.3 is 14.7 Å². The van der Waals surface area contributed by atoms with Crippen LogP contribution in [0.3, 0.4) is 0 Å². The maximum atomic E-state index is 13.3. The van der Waals surface area contributed by atoms with Gasteiger partial charge >= 0.3 is 0 Å². The summed E-state index contributed by atoms with van der Waals surface area (Å²) in [7, 11) is 0. The molecule has 0 saturated carbocycles. The summed E-state index contributed by atoms with van der Waals surface area (Å²) in [6, 6.07) is 13.4. The van der Waals surface area contributed by atoms with Gasteiger partial charge in [-0.25, -0.2) is 14.9 Å². The molecule has 0 spiro atoms. The van der Waals surface area contributed by atoms with E-state index in [-0.39, 0.29) is 11.9 Å². The number of rotatable bonds is 4. The molecule has 7 nitrogen and oxygen atoms in total. The second-order valence-corrected chi connectivity index (χ2v) is 10.3. The predicted molar refractivity (Wildman–Crippen MR) is 132 cm³/mol. The van der Waals surface area contributed by atoms with Gasteiger partial charge in [-0.1, -0.05) is 28.1 Å². The Morgan fingerprint density at radius 2 is 1.97 bits per heavy atom. The summed E-state index contributed by atoms with van der Waals surface area (Å²) in [5.74, 6) is -0.0332. The van der Waals surface area contributed by atoms with Gasteiger partial charge in [0.25, 0.3) is 5.91 Å². The Morgan fingerprint density at radius 3 is 2.70 bits per heavy atom. The van der Waals surface area contributed by atoms with Crippen LogP contribution in [0.2, 0.25) is 0 Å². The summed E-state index contributed by atoms with van der Waals surface area (Å²) in [5.41, 5.74) is 2.67. The van der Waals surface area contributed by atoms with E-state index in [0.717, 1.165) is 26.6 Å². The molecule has 2 atom stereocenters. The molecule has 0 radical (unpaired) electrons. The fraction of sp³-hybridized carbons (Fsp3) is 0.400. The zero-order chi connectivity index (χ0) is 23.8. The number of ether oxygens (including phenoxy) is 1. The molecule has 1 N–H and O–H groups in total. The minimum atomic E-state index is -0.994. The SMILES string of the molecule is C[C@@H]1CN(C(=O)c2cccc(-c3ncnc4ccc(Br)cc34)c2)CCN1C(O)OC(C)(C)C. The number of benzene rings is 2. The first-order chi connectivity index (χ1) is 15.6. The molecule has 2 heterocycles. The van der Waals surface area contributed by atoms with Gasteiger partial charge in [-0.05, 0) is 58.0 Å². The summed E-state index contributed by atoms with van der Waals surface area (Å²) in [4.78, 5) is 25.9. The average molecular weight is 513 g/mol. The maximum Gasteiger partial charge on any atom is 0.253 e. The normalized spacial score (nSPS) is 18.5. The molecule has 33 heavy (non-hydrogen) atoms. The van der Waals surface area contributed by atoms with Crippen LogP contribution in [0, 0.1) is 0 Å². The molecule has 2 aromatic carbocycles. The third-order valence-electron chi connectivity index (χ3n) is 5.69. The van der Waals surface area contributed by atoms with Crippen molar-refractivity contribution in [1.29, 1.82) is 0 Å². The van der Waals surface area contributed by atoms with Crippen molar-refractivity contribution in [3.8, 4) is 11.3 Å². The molecule has 1 fully saturated rings. The van der Waals surface area contributed by atoms with E-state index in [2.05, 4.69) is 25.9 Å². The minimum absolute atomic E-state index is 0.0332. The number of aliphatic hydroxyl groups excluding tert-OH is 1. The van der Waals surface area contributed by atoms with Crippen molar-refractivity contribution < 1.29 is 14.6 Å². The largest absolute Gasteiger partial charge is 0.356 e. The summed E-state index contributed by atoms with van der Waals surface area (Å²) in [6.45, 7) is 9.29. The lowest BCUT2D eigenvalue weighted by Crippen LogP contribution is -2.58. The van der Waals surface area contributed by atoms with Gasteiger partial charge in [-0.15, -0.1) is 0 Å². The lowest BCUT2D eigenvalue weighted by Gasteiger charge is -2.43. The third kappa shape index (κ3) is 5.41. The molecule has 1 aliphatic rings. The zero-order valence-corrected chi connectivity index (χ0v) is 20.9. The predicted octanol–water partition coefficient (Wildman–Crippen LogP) is 4.30. The summed E-state index contributed by atoms with van der Waals surface area (Å²) >= 11 is 3.52. The Hall–Kier alpha value is -2.39. The molecular formula is C25H29BrN4O3. The lowest BCUT2D eigenvalue weighted by molar-refractivity contribution is -0.252. The molecule has 174 valence electrons. The number of carbonyl (C=O) groups is 1. The van der Waals surface area contributed by atoms with Gasteiger partial charge in [0.05, 0.1) is 16.8 Å². The Kier molecular flexibility index (Phi) is 6.81. The summed E-state index contributed by atoms with van der Waals surface area (Å²) < 4.78 is 6.65. The van der Waals surface area contributed by atoms with Crippen molar-refractivity contribution in [2.24, 2.45) is 0 Å². The van der Waals surface area contributed by atoms with Crippen LogP contribution in [0.15, 0.2) is 53.3 Å². The third-order valence-corrected chi connectivity index (χ3v) is 6.18. The van der Waals surface area contributed by atoms with E-state index >= 15 is 0 Å². The van der Waals surface area contributed by atoms with Crippen LogP contribution < -0.4 is 0 Å². The number of hydrogen-bond donors (Lipinski definition) is 1. The molecule has 1 aromatic heterocycles. The molecule has 3 aromatic rings. The summed E-state index contributed by atoms with van der Waals surface area (Å²) in [5, 5.41) is 11.4. The number of piperazine rings is 1. The van der Waals surface area contributed by atoms with Crippen LogP contribution in [0.5, 0.6) is 0 Å². The molecule has 8 heteroatoms. The number of halogens is 1. The lowest BCUT2D eigenvalue weighted by atomic mass is 10.0. The average Bonchev–Trinajstić information content (AvgIpc) is 2.77. The van der Waals surface area contributed by atoms with Crippen molar-refractivity contribution in [2.75, 3.05) is 19.6 Å². The highest BCUT2D eigenvalue weighted by atomic mass is 79.9. The first-order valence-corrected chi connectivity index (χ1v) is 11.8. The topological polar surface area (TPSA) is 78.8 Å². The molecule has 0 aliphatic carbocycles. The van der Waals surface area contributed by atoms with E-state index in [1.807, 2.05) is 80.0 Å². The number of nitrogens with zero attached hydrogens (tertiary/aromatic N) is 4. The van der Waals surface area contributed by atoms with Crippen LogP contribution in [0.25, 0.3) is 22.2 Å². The number of hydrogen-bond acceptors (Lipinski definition) is 6. The molecule has 1 saturated heterocycles. The quantitative estimate of drug-likeness (QED) is 0.525. The highest BCUT2D eigenvalue weighted by molar-refractivity contribution is 9.10. The highest BCUT2D eigenvalue weighted by Crippen LogP contribution is 2.29. The van der Waals surface area contributed by atoms with Gasteiger partial charge in [0.2, 0.25) is 6.41 Å². The van der Waals surface area contributed by atoms with Gasteiger partial charge in [0.1, 0.15) is 6.33 Å². The molecule has 0 bridgehead atoms. The van der Waals surface area contributed by atoms with Crippen molar-refractivity contribution in [1.82, 2.24) is 19.8 Å². The van der Waals surface area contributed by atoms with Crippen molar-refractivity contribution in [3.63, 3.8) is 0 Å². The van der Waals surface area contributed by atoms with Crippen molar-refractivity contribution in [3.05, 3.63) is 58.8 Å². The van der Waals surface area contributed by atoms with Crippen LogP contribution in [0.1, 0.15) is 38.1 Å². The second kappa shape index (κ2) is 9.46. The minimum Gasteiger partial charge on any atom is -0.356 e. The van der Waals surface area contributed by atoms with Crippen LogP contribution in [-0.4, -0.2) is 68.5 Å². The number of aromatic nitrogens is 2. The van der Waals surface area contributed by atoms with Crippen molar-refractivity contribution in [2.45, 2.75) is 45.8 Å². The van der Waals surface area contributed by atoms with E-state index < -0.39 is 12.0 Å². The van der Waals surface area contributed by atoms with Crippen LogP contribution in [-0.2, 0) is 4.74 Å². The number of aliphatic hydroxyl groups is 1. The fourth-order valence-electron chi connectivity index (χ4n) is 4.11. The van der Waals surface area contributed by atoms with E-state index in [0.29, 0.717) is 25.2 Å². The van der Waals surface area contributed by atoms with Gasteiger partial charge in [0.15, 0.2) is 0 Å². The molecule has 1 amide bonds. The van der Waals surface area contributed by atoms with Crippen LogP contribution in [0.4, 0.5) is 0 Å². The first-order valence-electron chi connectivity index (χ1n) is 11.0. The monoisotopic (exact) mass is 512 g/mol. The fourth-order valence-corrected chi connectivity index (χ4v) is 4.47. The van der Waals surface area contributed by atoms with Crippen molar-refractivity contribution >= 4 is 32.7 Å². The highest BCUT2D eigenvalue weighted by Gasteiger charge is 2.33. The zero-order valence-electron chi connectivity index (χ0n) is 19.3. The van der Waals surface area contributed by atoms with Gasteiger partial charge in [-0.2, -0.15) is 0 Å². The van der Waals surface area contributed by atoms with Crippen LogP contribution >= 0.6 is 15.9 Å². The van der Waals surface area contributed by atoms with Gasteiger partial charge in [-0.3, -0.25) is 4.79 Å². The van der Waals surface area contributed by atoms with E-state index in [4.69, 9.17) is 4.74 Å². The Bertz CT molecular complexity index is 1160. The van der Waals surface area contributed by atoms with E-state index in [1.54, 1.807) is 6.33 Å². The van der Waals surface area contributed by atoms with E-state index in [9.17, 15) is 9.90 Å². The molecule has 1 unspecified atom stereocenters.